The molecule has 1 unspecified atom stereocenters. The highest BCUT2D eigenvalue weighted by molar-refractivity contribution is 6.35. The molecule has 1 amide bonds. The third-order valence-corrected chi connectivity index (χ3v) is 4.06. The molecule has 0 radical (unpaired) electrons. The zero-order chi connectivity index (χ0) is 19.6. The van der Waals surface area contributed by atoms with E-state index in [1.54, 1.807) is 13.8 Å². The molecule has 1 atom stereocenters. The minimum atomic E-state index is -4.84. The van der Waals surface area contributed by atoms with E-state index in [4.69, 9.17) is 16.1 Å². The summed E-state index contributed by atoms with van der Waals surface area (Å²) in [4.78, 5) is 12.2. The summed E-state index contributed by atoms with van der Waals surface area (Å²) in [5.41, 5.74) is -1.85. The van der Waals surface area contributed by atoms with Crippen LogP contribution in [0.5, 0.6) is 0 Å². The Labute approximate surface area is 150 Å². The molecule has 2 N–H and O–H groups in total. The van der Waals surface area contributed by atoms with E-state index in [0.29, 0.717) is 12.1 Å². The Hall–Kier alpha value is -2.13. The Morgan fingerprint density at radius 3 is 2.54 bits per heavy atom. The average Bonchev–Trinajstić information content (AvgIpc) is 2.92. The fourth-order valence-corrected chi connectivity index (χ4v) is 2.41. The summed E-state index contributed by atoms with van der Waals surface area (Å²) in [7, 11) is 0. The lowest BCUT2D eigenvalue weighted by atomic mass is 10.1. The lowest BCUT2D eigenvalue weighted by Crippen LogP contribution is -2.41. The number of aromatic nitrogens is 1. The minimum absolute atomic E-state index is 0.0712. The fourth-order valence-electron chi connectivity index (χ4n) is 2.15. The number of aliphatic hydroxyl groups excluding tert-OH is 1. The molecule has 0 saturated carbocycles. The predicted octanol–water partition coefficient (Wildman–Crippen LogP) is 3.90. The van der Waals surface area contributed by atoms with Gasteiger partial charge in [0.25, 0.3) is 5.91 Å². The topological polar surface area (TPSA) is 75.4 Å². The number of amides is 1. The molecule has 0 bridgehead atoms. The molecule has 0 saturated heterocycles. The molecule has 142 valence electrons. The lowest BCUT2D eigenvalue weighted by molar-refractivity contribution is -0.139. The summed E-state index contributed by atoms with van der Waals surface area (Å²) in [6, 6.07) is 1.55. The van der Waals surface area contributed by atoms with Gasteiger partial charge in [0, 0.05) is 5.56 Å². The molecule has 0 aliphatic carbocycles. The number of benzene rings is 1. The van der Waals surface area contributed by atoms with Gasteiger partial charge in [0.05, 0.1) is 18.2 Å². The molecular formula is C16H15ClF4N2O3. The third-order valence-electron chi connectivity index (χ3n) is 3.71. The van der Waals surface area contributed by atoms with Crippen molar-refractivity contribution in [2.45, 2.75) is 26.1 Å². The molecule has 0 fully saturated rings. The van der Waals surface area contributed by atoms with Crippen LogP contribution in [0.15, 0.2) is 22.7 Å². The van der Waals surface area contributed by atoms with Gasteiger partial charge < -0.3 is 14.9 Å². The maximum absolute atomic E-state index is 13.7. The van der Waals surface area contributed by atoms with Crippen LogP contribution in [0.25, 0.3) is 11.3 Å². The number of aliphatic hydroxyl groups is 1. The van der Waals surface area contributed by atoms with Crippen LogP contribution in [-0.2, 0) is 6.18 Å². The normalized spacial score (nSPS) is 13.1. The van der Waals surface area contributed by atoms with Crippen molar-refractivity contribution in [3.63, 3.8) is 0 Å². The van der Waals surface area contributed by atoms with Crippen LogP contribution in [0.2, 0.25) is 5.02 Å². The Balaban J connectivity index is 2.32. The van der Waals surface area contributed by atoms with Crippen LogP contribution in [0.3, 0.4) is 0 Å². The summed E-state index contributed by atoms with van der Waals surface area (Å²) in [5, 5.41) is 15.0. The molecule has 0 aliphatic heterocycles. The molecule has 2 aromatic rings. The molecule has 1 aromatic carbocycles. The van der Waals surface area contributed by atoms with E-state index in [0.717, 1.165) is 6.07 Å². The van der Waals surface area contributed by atoms with Gasteiger partial charge in [-0.15, -0.1) is 0 Å². The van der Waals surface area contributed by atoms with Crippen molar-refractivity contribution in [2.24, 2.45) is 5.92 Å². The number of alkyl halides is 3. The Morgan fingerprint density at radius 1 is 1.38 bits per heavy atom. The van der Waals surface area contributed by atoms with Crippen molar-refractivity contribution in [1.29, 1.82) is 0 Å². The molecule has 0 spiro atoms. The van der Waals surface area contributed by atoms with E-state index in [-0.39, 0.29) is 34.6 Å². The SMILES string of the molecule is CC(C)C(CO)NC(=O)c1noc(-c2ccc(C(F)(F)F)c(F)c2)c1Cl. The van der Waals surface area contributed by atoms with Gasteiger partial charge >= 0.3 is 6.18 Å². The zero-order valence-electron chi connectivity index (χ0n) is 13.7. The number of nitrogens with one attached hydrogen (secondary N) is 1. The second-order valence-electron chi connectivity index (χ2n) is 5.87. The third kappa shape index (κ3) is 4.16. The first kappa shape index (κ1) is 20.2. The fraction of sp³-hybridized carbons (Fsp3) is 0.375. The van der Waals surface area contributed by atoms with Gasteiger partial charge in [-0.3, -0.25) is 4.79 Å². The quantitative estimate of drug-likeness (QED) is 0.754. The molecule has 0 aliphatic rings. The van der Waals surface area contributed by atoms with Crippen molar-refractivity contribution in [3.8, 4) is 11.3 Å². The second kappa shape index (κ2) is 7.63. The summed E-state index contributed by atoms with van der Waals surface area (Å²) >= 11 is 6.02. The smallest absolute Gasteiger partial charge is 0.394 e. The van der Waals surface area contributed by atoms with Crippen molar-refractivity contribution in [2.75, 3.05) is 6.61 Å². The molecule has 1 heterocycles. The second-order valence-corrected chi connectivity index (χ2v) is 6.25. The zero-order valence-corrected chi connectivity index (χ0v) is 14.5. The largest absolute Gasteiger partial charge is 0.419 e. The van der Waals surface area contributed by atoms with Crippen LogP contribution in [-0.4, -0.2) is 28.8 Å². The van der Waals surface area contributed by atoms with Gasteiger partial charge in [0.2, 0.25) is 0 Å². The van der Waals surface area contributed by atoms with E-state index >= 15 is 0 Å². The molecule has 1 aromatic heterocycles. The summed E-state index contributed by atoms with van der Waals surface area (Å²) in [5.74, 6) is -2.55. The number of carbonyl (C=O) groups is 1. The first-order valence-electron chi connectivity index (χ1n) is 7.50. The van der Waals surface area contributed by atoms with Crippen molar-refractivity contribution >= 4 is 17.5 Å². The van der Waals surface area contributed by atoms with Crippen LogP contribution >= 0.6 is 11.6 Å². The van der Waals surface area contributed by atoms with Crippen LogP contribution in [0, 0.1) is 11.7 Å². The average molecular weight is 395 g/mol. The van der Waals surface area contributed by atoms with Crippen molar-refractivity contribution in [3.05, 3.63) is 40.3 Å². The Bertz CT molecular complexity index is 805. The molecule has 26 heavy (non-hydrogen) atoms. The van der Waals surface area contributed by atoms with E-state index in [2.05, 4.69) is 10.5 Å². The number of hydrogen-bond donors (Lipinski definition) is 2. The van der Waals surface area contributed by atoms with E-state index in [1.165, 1.54) is 0 Å². The highest BCUT2D eigenvalue weighted by Crippen LogP contribution is 2.36. The number of rotatable bonds is 5. The molecule has 5 nitrogen and oxygen atoms in total. The molecule has 10 heteroatoms. The predicted molar refractivity (Wildman–Crippen MR) is 85.1 cm³/mol. The lowest BCUT2D eigenvalue weighted by Gasteiger charge is -2.19. The molecular weight excluding hydrogens is 380 g/mol. The number of nitrogens with zero attached hydrogens (tertiary/aromatic N) is 1. The molecule has 2 rings (SSSR count). The van der Waals surface area contributed by atoms with Crippen molar-refractivity contribution in [1.82, 2.24) is 10.5 Å². The highest BCUT2D eigenvalue weighted by Gasteiger charge is 2.34. The van der Waals surface area contributed by atoms with Gasteiger partial charge in [-0.25, -0.2) is 4.39 Å². The maximum atomic E-state index is 13.7. The van der Waals surface area contributed by atoms with Gasteiger partial charge in [-0.2, -0.15) is 13.2 Å². The van der Waals surface area contributed by atoms with Crippen LogP contribution in [0.1, 0.15) is 29.9 Å². The first-order valence-corrected chi connectivity index (χ1v) is 7.88. The van der Waals surface area contributed by atoms with Crippen LogP contribution < -0.4 is 5.32 Å². The van der Waals surface area contributed by atoms with Gasteiger partial charge in [0.1, 0.15) is 10.8 Å². The minimum Gasteiger partial charge on any atom is -0.394 e. The monoisotopic (exact) mass is 394 g/mol. The van der Waals surface area contributed by atoms with Crippen LogP contribution in [0.4, 0.5) is 17.6 Å². The number of hydrogen-bond acceptors (Lipinski definition) is 4. The Morgan fingerprint density at radius 2 is 2.04 bits per heavy atom. The Kier molecular flexibility index (Phi) is 5.92. The van der Waals surface area contributed by atoms with Gasteiger partial charge in [-0.1, -0.05) is 36.7 Å². The van der Waals surface area contributed by atoms with Gasteiger partial charge in [0.15, 0.2) is 11.5 Å². The van der Waals surface area contributed by atoms with Crippen molar-refractivity contribution < 1.29 is 32.0 Å². The first-order chi connectivity index (χ1) is 12.1. The highest BCUT2D eigenvalue weighted by atomic mass is 35.5. The van der Waals surface area contributed by atoms with E-state index in [1.807, 2.05) is 0 Å². The maximum Gasteiger partial charge on any atom is 0.419 e. The summed E-state index contributed by atoms with van der Waals surface area (Å²) in [6.45, 7) is 3.25. The standard InChI is InChI=1S/C16H15ClF4N2O3/c1-7(2)11(6-24)22-15(25)13-12(17)14(26-23-13)8-3-4-9(10(18)5-8)16(19,20)21/h3-5,7,11,24H,6H2,1-2H3,(H,22,25). The van der Waals surface area contributed by atoms with Gasteiger partial charge in [-0.05, 0) is 18.1 Å². The summed E-state index contributed by atoms with van der Waals surface area (Å²) < 4.78 is 56.5. The summed E-state index contributed by atoms with van der Waals surface area (Å²) in [6.07, 6.45) is -4.84. The van der Waals surface area contributed by atoms with E-state index < -0.39 is 29.5 Å². The number of carbonyl (C=O) groups excluding carboxylic acids is 1. The number of halogens is 5. The van der Waals surface area contributed by atoms with E-state index in [9.17, 15) is 27.5 Å².